The highest BCUT2D eigenvalue weighted by molar-refractivity contribution is 7.97. The highest BCUT2D eigenvalue weighted by Gasteiger charge is 2.70. The summed E-state index contributed by atoms with van der Waals surface area (Å²) in [7, 11) is 0.717. The SMILES string of the molecule is C=Nc1cc(B2OC(C)(C)C(C)(C)O2)ccc1C(=O)N(CC(Cc1cc(F)cc(F)c1)NC(=O)CN1NC(C(F)F)C2=C1C(F)(F)C1C[C@@H]21)c1ccc(Cl)c(C(=N)NSC)c1NC. The molecule has 2 amide bonds. The van der Waals surface area contributed by atoms with Crippen LogP contribution in [0, 0.1) is 28.9 Å². The van der Waals surface area contributed by atoms with Gasteiger partial charge in [0.1, 0.15) is 35.8 Å². The van der Waals surface area contributed by atoms with Crippen LogP contribution in [0.25, 0.3) is 0 Å². The van der Waals surface area contributed by atoms with E-state index in [1.165, 1.54) is 23.1 Å². The molecule has 1 saturated heterocycles. The van der Waals surface area contributed by atoms with E-state index in [0.717, 1.165) is 29.1 Å². The molecular weight excluding hydrogens is 873 g/mol. The number of carbonyl (C=O) groups is 2. The predicted molar refractivity (Wildman–Crippen MR) is 233 cm³/mol. The molecule has 4 aliphatic rings. The van der Waals surface area contributed by atoms with Gasteiger partial charge in [-0.3, -0.25) is 25.0 Å². The first kappa shape index (κ1) is 46.2. The zero-order valence-electron chi connectivity index (χ0n) is 35.1. The van der Waals surface area contributed by atoms with Crippen LogP contribution < -0.4 is 31.1 Å². The first-order valence-electron chi connectivity index (χ1n) is 20.0. The topological polar surface area (TPSA) is 143 Å². The zero-order valence-corrected chi connectivity index (χ0v) is 36.7. The number of fused-ring (bicyclic) bond motifs is 2. The molecule has 3 aromatic carbocycles. The number of hydrogen-bond acceptors (Lipinski definition) is 10. The Labute approximate surface area is 370 Å². The number of carbonyl (C=O) groups excluding carboxylic acids is 2. The molecule has 0 aromatic heterocycles. The molecule has 0 radical (unpaired) electrons. The summed E-state index contributed by atoms with van der Waals surface area (Å²) in [4.78, 5) is 34.5. The number of amidine groups is 1. The fourth-order valence-electron chi connectivity index (χ4n) is 8.49. The van der Waals surface area contributed by atoms with E-state index in [0.29, 0.717) is 11.5 Å². The number of halogens is 7. The number of benzene rings is 3. The molecule has 0 spiro atoms. The van der Waals surface area contributed by atoms with Crippen molar-refractivity contribution in [2.75, 3.05) is 36.6 Å². The van der Waals surface area contributed by atoms with E-state index < -0.39 is 96.8 Å². The lowest BCUT2D eigenvalue weighted by molar-refractivity contribution is -0.124. The molecule has 2 aliphatic heterocycles. The summed E-state index contributed by atoms with van der Waals surface area (Å²) in [5.74, 6) is -8.93. The molecule has 2 heterocycles. The molecule has 7 rings (SSSR count). The fraction of sp³-hybridized carbons (Fsp3) is 0.429. The third kappa shape index (κ3) is 8.76. The minimum atomic E-state index is -3.46. The van der Waals surface area contributed by atoms with Gasteiger partial charge in [-0.15, -0.1) is 0 Å². The van der Waals surface area contributed by atoms with Crippen LogP contribution in [-0.2, 0) is 20.5 Å². The van der Waals surface area contributed by atoms with E-state index in [1.54, 1.807) is 25.4 Å². The van der Waals surface area contributed by atoms with Gasteiger partial charge in [0.2, 0.25) is 5.91 Å². The first-order chi connectivity index (χ1) is 29.6. The molecule has 63 heavy (non-hydrogen) atoms. The predicted octanol–water partition coefficient (Wildman–Crippen LogP) is 6.85. The van der Waals surface area contributed by atoms with Crippen molar-refractivity contribution in [3.63, 3.8) is 0 Å². The summed E-state index contributed by atoms with van der Waals surface area (Å²) in [6, 6.07) is 7.47. The highest BCUT2D eigenvalue weighted by Crippen LogP contribution is 2.65. The maximum Gasteiger partial charge on any atom is 0.494 e. The third-order valence-electron chi connectivity index (χ3n) is 12.2. The third-order valence-corrected chi connectivity index (χ3v) is 12.9. The van der Waals surface area contributed by atoms with Crippen LogP contribution >= 0.6 is 23.5 Å². The van der Waals surface area contributed by atoms with Gasteiger partial charge in [-0.2, -0.15) is 8.78 Å². The summed E-state index contributed by atoms with van der Waals surface area (Å²) in [6.07, 6.45) is -1.59. The van der Waals surface area contributed by atoms with Gasteiger partial charge in [0.05, 0.1) is 50.5 Å². The van der Waals surface area contributed by atoms with E-state index in [4.69, 9.17) is 26.3 Å². The Morgan fingerprint density at radius 3 is 2.37 bits per heavy atom. The Morgan fingerprint density at radius 1 is 1.10 bits per heavy atom. The fourth-order valence-corrected chi connectivity index (χ4v) is 9.05. The van der Waals surface area contributed by atoms with Gasteiger partial charge in [-0.1, -0.05) is 29.6 Å². The number of rotatable bonds is 15. The van der Waals surface area contributed by atoms with Crippen LogP contribution in [0.2, 0.25) is 5.02 Å². The lowest BCUT2D eigenvalue weighted by Gasteiger charge is -2.32. The number of hydrazine groups is 1. The van der Waals surface area contributed by atoms with Crippen molar-refractivity contribution in [2.24, 2.45) is 16.8 Å². The van der Waals surface area contributed by atoms with Crippen LogP contribution in [0.3, 0.4) is 0 Å². The van der Waals surface area contributed by atoms with Crippen molar-refractivity contribution < 1.29 is 45.2 Å². The second-order valence-electron chi connectivity index (χ2n) is 16.8. The van der Waals surface area contributed by atoms with E-state index in [1.807, 2.05) is 27.7 Å². The van der Waals surface area contributed by atoms with Crippen LogP contribution in [0.15, 0.2) is 64.8 Å². The number of alkyl halides is 4. The summed E-state index contributed by atoms with van der Waals surface area (Å²) in [5, 5.41) is 15.4. The van der Waals surface area contributed by atoms with Gasteiger partial charge in [-0.25, -0.2) is 23.0 Å². The molecular formula is C42H46BClF6N8O4S. The van der Waals surface area contributed by atoms with Crippen molar-refractivity contribution in [3.05, 3.63) is 93.1 Å². The van der Waals surface area contributed by atoms with E-state index in [-0.39, 0.29) is 63.0 Å². The Hall–Kier alpha value is -4.76. The molecule has 0 bridgehead atoms. The lowest BCUT2D eigenvalue weighted by Crippen LogP contribution is -2.52. The minimum absolute atomic E-state index is 0.0174. The standard InChI is InChI=1S/C42H46BClF6N8O4S/c1-40(2)41(3,4)62-43(61-40)21-8-9-25(29(15-21)52-5)39(60)57(30-11-10-28(44)33(34(30)53-6)38(51)56-63-7)18-24(14-20-12-22(45)16-23(46)13-20)54-31(59)19-58-36-32(35(55-58)37(47)48)26-17-27(26)42(36,49)50/h8-13,15-16,24,26-27,35,37,53,55H,5,14,17-19H2,1-4,6-7H3,(H2,51,56)(H,54,59)/t24?,26-,27?,35?/m1/s1. The zero-order chi connectivity index (χ0) is 45.9. The van der Waals surface area contributed by atoms with Crippen LogP contribution in [0.4, 0.5) is 43.4 Å². The molecule has 21 heteroatoms. The van der Waals surface area contributed by atoms with Crippen molar-refractivity contribution >= 4 is 77.6 Å². The first-order valence-corrected chi connectivity index (χ1v) is 21.6. The number of nitrogens with one attached hydrogen (secondary N) is 5. The smallest absolute Gasteiger partial charge is 0.399 e. The van der Waals surface area contributed by atoms with Crippen LogP contribution in [-0.4, -0.2) is 98.5 Å². The Bertz CT molecular complexity index is 2360. The Balaban J connectivity index is 1.29. The molecule has 2 fully saturated rings. The summed E-state index contributed by atoms with van der Waals surface area (Å²) in [6.45, 7) is 9.97. The highest BCUT2D eigenvalue weighted by atomic mass is 35.5. The van der Waals surface area contributed by atoms with Crippen molar-refractivity contribution in [1.82, 2.24) is 20.5 Å². The van der Waals surface area contributed by atoms with E-state index in [2.05, 4.69) is 32.5 Å². The Morgan fingerprint density at radius 2 is 1.76 bits per heavy atom. The van der Waals surface area contributed by atoms with Crippen molar-refractivity contribution in [1.29, 1.82) is 5.41 Å². The van der Waals surface area contributed by atoms with Crippen molar-refractivity contribution in [3.8, 4) is 0 Å². The van der Waals surface area contributed by atoms with Crippen LogP contribution in [0.5, 0.6) is 0 Å². The number of allylic oxidation sites excluding steroid dienone is 1. The second kappa shape index (κ2) is 17.3. The van der Waals surface area contributed by atoms with Gasteiger partial charge >= 0.3 is 7.12 Å². The molecule has 336 valence electrons. The van der Waals surface area contributed by atoms with Gasteiger partial charge in [0.15, 0.2) is 0 Å². The minimum Gasteiger partial charge on any atom is -0.399 e. The van der Waals surface area contributed by atoms with Gasteiger partial charge < -0.3 is 29.6 Å². The molecule has 2 aliphatic carbocycles. The molecule has 4 atom stereocenters. The summed E-state index contributed by atoms with van der Waals surface area (Å²) >= 11 is 7.77. The van der Waals surface area contributed by atoms with Gasteiger partial charge in [0, 0.05) is 31.8 Å². The average Bonchev–Trinajstić information content (AvgIpc) is 3.79. The van der Waals surface area contributed by atoms with Gasteiger partial charge in [-0.05, 0) is 106 Å². The quantitative estimate of drug-likeness (QED) is 0.0364. The van der Waals surface area contributed by atoms with Crippen LogP contribution in [0.1, 0.15) is 55.6 Å². The molecule has 3 unspecified atom stereocenters. The number of hydrogen-bond donors (Lipinski definition) is 5. The average molecular weight is 919 g/mol. The van der Waals surface area contributed by atoms with E-state index in [9.17, 15) is 22.4 Å². The molecule has 3 aromatic rings. The van der Waals surface area contributed by atoms with Gasteiger partial charge in [0.25, 0.3) is 18.3 Å². The summed E-state index contributed by atoms with van der Waals surface area (Å²) in [5.41, 5.74) is 1.50. The largest absolute Gasteiger partial charge is 0.494 e. The molecule has 1 saturated carbocycles. The monoisotopic (exact) mass is 918 g/mol. The Kier molecular flexibility index (Phi) is 12.7. The summed E-state index contributed by atoms with van der Waals surface area (Å²) < 4.78 is 104. The number of anilines is 2. The van der Waals surface area contributed by atoms with E-state index >= 15 is 13.6 Å². The molecule has 5 N–H and O–H groups in total. The second-order valence-corrected chi connectivity index (χ2v) is 17.9. The normalized spacial score (nSPS) is 21.8. The lowest BCUT2D eigenvalue weighted by atomic mass is 9.78. The maximum absolute atomic E-state index is 15.5. The number of amides is 2. The number of nitrogens with zero attached hydrogens (tertiary/aromatic N) is 3. The number of aliphatic imine (C=N–C) groups is 1. The van der Waals surface area contributed by atoms with Crippen molar-refractivity contribution in [2.45, 2.75) is 76.2 Å². The molecule has 12 nitrogen and oxygen atoms in total. The maximum atomic E-state index is 15.5.